The van der Waals surface area contributed by atoms with Crippen molar-refractivity contribution in [3.05, 3.63) is 22.7 Å². The zero-order chi connectivity index (χ0) is 16.8. The van der Waals surface area contributed by atoms with Gasteiger partial charge in [0.2, 0.25) is 0 Å². The van der Waals surface area contributed by atoms with Gasteiger partial charge < -0.3 is 15.4 Å². The molecule has 1 aromatic rings. The molecule has 1 aliphatic rings. The van der Waals surface area contributed by atoms with Crippen molar-refractivity contribution in [1.82, 2.24) is 4.90 Å². The number of hydrogen-bond acceptors (Lipinski definition) is 4. The van der Waals surface area contributed by atoms with Gasteiger partial charge in [-0.2, -0.15) is 0 Å². The lowest BCUT2D eigenvalue weighted by atomic mass is 9.90. The van der Waals surface area contributed by atoms with Crippen molar-refractivity contribution in [2.24, 2.45) is 5.92 Å². The molecule has 0 radical (unpaired) electrons. The van der Waals surface area contributed by atoms with Crippen LogP contribution in [-0.4, -0.2) is 37.4 Å². The van der Waals surface area contributed by atoms with Crippen LogP contribution in [0.25, 0.3) is 0 Å². The number of nitrogen functional groups attached to an aromatic ring is 1. The summed E-state index contributed by atoms with van der Waals surface area (Å²) in [7, 11) is 1.54. The summed E-state index contributed by atoms with van der Waals surface area (Å²) in [5.74, 6) is 1.23. The smallest absolute Gasteiger partial charge is 0.166 e. The number of hydrogen-bond donors (Lipinski definition) is 1. The summed E-state index contributed by atoms with van der Waals surface area (Å²) in [5.41, 5.74) is 6.74. The van der Waals surface area contributed by atoms with Crippen LogP contribution in [0.4, 0.5) is 5.69 Å². The van der Waals surface area contributed by atoms with Crippen molar-refractivity contribution >= 4 is 23.1 Å². The van der Waals surface area contributed by atoms with Gasteiger partial charge in [-0.1, -0.05) is 18.5 Å². The van der Waals surface area contributed by atoms with Gasteiger partial charge in [0.25, 0.3) is 0 Å². The molecule has 0 saturated carbocycles. The normalized spacial score (nSPS) is 16.5. The minimum absolute atomic E-state index is 0.0831. The topological polar surface area (TPSA) is 55.6 Å². The zero-order valence-corrected chi connectivity index (χ0v) is 14.9. The Labute approximate surface area is 143 Å². The fourth-order valence-electron chi connectivity index (χ4n) is 3.24. The summed E-state index contributed by atoms with van der Waals surface area (Å²) in [4.78, 5) is 15.0. The van der Waals surface area contributed by atoms with E-state index in [9.17, 15) is 4.79 Å². The van der Waals surface area contributed by atoms with Crippen molar-refractivity contribution in [2.75, 3.05) is 32.5 Å². The van der Waals surface area contributed by atoms with Crippen LogP contribution in [-0.2, 0) is 0 Å². The number of benzene rings is 1. The van der Waals surface area contributed by atoms with E-state index in [-0.39, 0.29) is 5.78 Å². The number of halogens is 1. The predicted octanol–water partition coefficient (Wildman–Crippen LogP) is 4.02. The number of rotatable bonds is 7. The Morgan fingerprint density at radius 2 is 2.09 bits per heavy atom. The molecular formula is C18H27ClN2O2. The predicted molar refractivity (Wildman–Crippen MR) is 95.4 cm³/mol. The summed E-state index contributed by atoms with van der Waals surface area (Å²) in [6, 6.07) is 3.25. The number of Topliss-reactive ketones (excluding diaryl/α,β-unsaturated/α-hetero) is 1. The average Bonchev–Trinajstić information content (AvgIpc) is 2.56. The number of nitrogens with zero attached hydrogens (tertiary/aromatic N) is 1. The third kappa shape index (κ3) is 4.85. The first-order valence-corrected chi connectivity index (χ1v) is 8.81. The van der Waals surface area contributed by atoms with Crippen LogP contribution in [0, 0.1) is 5.92 Å². The Bertz CT molecular complexity index is 540. The molecule has 0 atom stereocenters. The molecule has 5 heteroatoms. The standard InChI is InChI=1S/C18H27ClN2O2/c1-3-8-21-9-6-13(7-10-21)4-5-17(22)14-11-15(19)16(20)12-18(14)23-2/h11-13H,3-10,20H2,1-2H3. The second-order valence-electron chi connectivity index (χ2n) is 6.32. The first-order chi connectivity index (χ1) is 11.0. The van der Waals surface area contributed by atoms with Crippen LogP contribution >= 0.6 is 11.6 Å². The van der Waals surface area contributed by atoms with Crippen LogP contribution in [0.3, 0.4) is 0 Å². The van der Waals surface area contributed by atoms with Crippen molar-refractivity contribution < 1.29 is 9.53 Å². The highest BCUT2D eigenvalue weighted by Gasteiger charge is 2.21. The molecule has 0 aromatic heterocycles. The van der Waals surface area contributed by atoms with Crippen LogP contribution in [0.2, 0.25) is 5.02 Å². The van der Waals surface area contributed by atoms with Gasteiger partial charge in [0.15, 0.2) is 5.78 Å². The van der Waals surface area contributed by atoms with Crippen LogP contribution < -0.4 is 10.5 Å². The number of nitrogens with two attached hydrogens (primary N) is 1. The number of ketones is 1. The second kappa shape index (κ2) is 8.55. The fourth-order valence-corrected chi connectivity index (χ4v) is 3.40. The highest BCUT2D eigenvalue weighted by atomic mass is 35.5. The molecule has 0 bridgehead atoms. The van der Waals surface area contributed by atoms with Crippen LogP contribution in [0.1, 0.15) is 49.4 Å². The Hall–Kier alpha value is -1.26. The van der Waals surface area contributed by atoms with Gasteiger partial charge in [0, 0.05) is 12.5 Å². The van der Waals surface area contributed by atoms with E-state index < -0.39 is 0 Å². The Balaban J connectivity index is 1.89. The molecule has 2 rings (SSSR count). The molecular weight excluding hydrogens is 312 g/mol. The molecule has 0 amide bonds. The zero-order valence-electron chi connectivity index (χ0n) is 14.1. The van der Waals surface area contributed by atoms with E-state index in [0.29, 0.717) is 34.4 Å². The maximum absolute atomic E-state index is 12.5. The van der Waals surface area contributed by atoms with Gasteiger partial charge in [0.05, 0.1) is 23.4 Å². The van der Waals surface area contributed by atoms with E-state index in [1.54, 1.807) is 19.2 Å². The fraction of sp³-hybridized carbons (Fsp3) is 0.611. The van der Waals surface area contributed by atoms with E-state index in [1.165, 1.54) is 25.8 Å². The molecule has 1 aliphatic heterocycles. The van der Waals surface area contributed by atoms with Crippen molar-refractivity contribution in [2.45, 2.75) is 39.0 Å². The van der Waals surface area contributed by atoms with E-state index in [2.05, 4.69) is 11.8 Å². The van der Waals surface area contributed by atoms with Gasteiger partial charge in [0.1, 0.15) is 5.75 Å². The summed E-state index contributed by atoms with van der Waals surface area (Å²) < 4.78 is 5.27. The maximum atomic E-state index is 12.5. The molecule has 23 heavy (non-hydrogen) atoms. The lowest BCUT2D eigenvalue weighted by Crippen LogP contribution is -2.34. The minimum atomic E-state index is 0.0831. The summed E-state index contributed by atoms with van der Waals surface area (Å²) >= 11 is 6.04. The molecule has 0 unspecified atom stereocenters. The Kier molecular flexibility index (Phi) is 6.72. The summed E-state index contributed by atoms with van der Waals surface area (Å²) in [5, 5.41) is 0.405. The summed E-state index contributed by atoms with van der Waals surface area (Å²) in [6.07, 6.45) is 5.06. The van der Waals surface area contributed by atoms with Crippen LogP contribution in [0.15, 0.2) is 12.1 Å². The molecule has 1 aromatic carbocycles. The molecule has 1 saturated heterocycles. The number of methoxy groups -OCH3 is 1. The highest BCUT2D eigenvalue weighted by molar-refractivity contribution is 6.33. The lowest BCUT2D eigenvalue weighted by Gasteiger charge is -2.31. The third-order valence-electron chi connectivity index (χ3n) is 4.65. The van der Waals surface area contributed by atoms with E-state index in [0.717, 1.165) is 19.5 Å². The minimum Gasteiger partial charge on any atom is -0.496 e. The number of ether oxygens (including phenoxy) is 1. The molecule has 0 aliphatic carbocycles. The van der Waals surface area contributed by atoms with Crippen molar-refractivity contribution in [1.29, 1.82) is 0 Å². The molecule has 4 nitrogen and oxygen atoms in total. The Morgan fingerprint density at radius 3 is 2.70 bits per heavy atom. The quantitative estimate of drug-likeness (QED) is 0.602. The van der Waals surface area contributed by atoms with Gasteiger partial charge in [-0.25, -0.2) is 0 Å². The van der Waals surface area contributed by atoms with Gasteiger partial charge in [-0.3, -0.25) is 4.79 Å². The number of carbonyl (C=O) groups is 1. The molecule has 2 N–H and O–H groups in total. The molecule has 128 valence electrons. The second-order valence-corrected chi connectivity index (χ2v) is 6.73. The van der Waals surface area contributed by atoms with Gasteiger partial charge >= 0.3 is 0 Å². The monoisotopic (exact) mass is 338 g/mol. The molecule has 1 heterocycles. The number of piperidine rings is 1. The number of likely N-dealkylation sites (tertiary alicyclic amines) is 1. The first-order valence-electron chi connectivity index (χ1n) is 8.43. The van der Waals surface area contributed by atoms with Crippen molar-refractivity contribution in [3.63, 3.8) is 0 Å². The van der Waals surface area contributed by atoms with E-state index in [1.807, 2.05) is 0 Å². The third-order valence-corrected chi connectivity index (χ3v) is 4.97. The lowest BCUT2D eigenvalue weighted by molar-refractivity contribution is 0.0959. The SMILES string of the molecule is CCCN1CCC(CCC(=O)c2cc(Cl)c(N)cc2OC)CC1. The largest absolute Gasteiger partial charge is 0.496 e. The first kappa shape index (κ1) is 18.1. The van der Waals surface area contributed by atoms with Crippen molar-refractivity contribution in [3.8, 4) is 5.75 Å². The Morgan fingerprint density at radius 1 is 1.39 bits per heavy atom. The number of carbonyl (C=O) groups excluding carboxylic acids is 1. The highest BCUT2D eigenvalue weighted by Crippen LogP contribution is 2.31. The van der Waals surface area contributed by atoms with Gasteiger partial charge in [-0.05, 0) is 57.3 Å². The summed E-state index contributed by atoms with van der Waals surface area (Å²) in [6.45, 7) is 5.72. The number of anilines is 1. The molecule has 1 fully saturated rings. The molecule has 0 spiro atoms. The van der Waals surface area contributed by atoms with E-state index in [4.69, 9.17) is 22.1 Å². The van der Waals surface area contributed by atoms with Crippen LogP contribution in [0.5, 0.6) is 5.75 Å². The van der Waals surface area contributed by atoms with E-state index >= 15 is 0 Å². The van der Waals surface area contributed by atoms with Gasteiger partial charge in [-0.15, -0.1) is 0 Å². The average molecular weight is 339 g/mol. The maximum Gasteiger partial charge on any atom is 0.166 e.